The highest BCUT2D eigenvalue weighted by atomic mass is 35.5. The van der Waals surface area contributed by atoms with Crippen molar-refractivity contribution >= 4 is 30.7 Å². The van der Waals surface area contributed by atoms with E-state index in [-0.39, 0.29) is 36.3 Å². The third-order valence-corrected chi connectivity index (χ3v) is 2.96. The molecule has 2 heterocycles. The summed E-state index contributed by atoms with van der Waals surface area (Å²) in [5.41, 5.74) is 0.0550. The molecule has 108 valence electrons. The Morgan fingerprint density at radius 1 is 1.53 bits per heavy atom. The average molecular weight is 310 g/mol. The van der Waals surface area contributed by atoms with Crippen LogP contribution in [-0.2, 0) is 0 Å². The molecule has 0 aromatic carbocycles. The van der Waals surface area contributed by atoms with E-state index >= 15 is 0 Å². The number of nitrogens with one attached hydrogen (secondary N) is 2. The van der Waals surface area contributed by atoms with Crippen molar-refractivity contribution in [2.45, 2.75) is 25.3 Å². The number of amides is 1. The van der Waals surface area contributed by atoms with Crippen molar-refractivity contribution < 1.29 is 9.18 Å². The third-order valence-electron chi connectivity index (χ3n) is 2.96. The molecule has 0 spiro atoms. The molecule has 1 saturated heterocycles. The molecule has 1 aromatic heterocycles. The molecule has 7 heteroatoms. The smallest absolute Gasteiger partial charge is 0.254 e. The molecule has 0 saturated carbocycles. The van der Waals surface area contributed by atoms with Crippen molar-refractivity contribution in [1.82, 2.24) is 15.6 Å². The Morgan fingerprint density at radius 2 is 2.32 bits per heavy atom. The number of rotatable bonds is 4. The molecule has 1 aliphatic rings. The Morgan fingerprint density at radius 3 is 2.95 bits per heavy atom. The number of nitrogens with zero attached hydrogens (tertiary/aromatic N) is 1. The zero-order valence-corrected chi connectivity index (χ0v) is 12.0. The first kappa shape index (κ1) is 18.1. The van der Waals surface area contributed by atoms with Gasteiger partial charge in [0, 0.05) is 18.8 Å². The van der Waals surface area contributed by atoms with Crippen LogP contribution in [0.15, 0.2) is 18.5 Å². The van der Waals surface area contributed by atoms with Gasteiger partial charge in [-0.2, -0.15) is 0 Å². The van der Waals surface area contributed by atoms with Gasteiger partial charge in [0.1, 0.15) is 0 Å². The van der Waals surface area contributed by atoms with E-state index in [0.717, 1.165) is 25.6 Å². The predicted octanol–water partition coefficient (Wildman–Crippen LogP) is 1.94. The van der Waals surface area contributed by atoms with Crippen molar-refractivity contribution in [3.63, 3.8) is 0 Å². The second kappa shape index (κ2) is 9.07. The lowest BCUT2D eigenvalue weighted by Crippen LogP contribution is -2.31. The summed E-state index contributed by atoms with van der Waals surface area (Å²) in [6, 6.07) is 1.87. The van der Waals surface area contributed by atoms with E-state index in [1.807, 2.05) is 0 Å². The number of halogens is 3. The predicted molar refractivity (Wildman–Crippen MR) is 76.7 cm³/mol. The highest BCUT2D eigenvalue weighted by Crippen LogP contribution is 2.08. The standard InChI is InChI=1S/C12H16FN3O.2ClH/c13-11-8-14-6-4-10(11)12(17)16-7-3-9-2-1-5-15-9;;/h4,6,8-9,15H,1-3,5,7H2,(H,16,17);2*1H/t9-;;/m1../s1. The highest BCUT2D eigenvalue weighted by molar-refractivity contribution is 5.94. The summed E-state index contributed by atoms with van der Waals surface area (Å²) in [4.78, 5) is 15.2. The van der Waals surface area contributed by atoms with Crippen LogP contribution in [0.1, 0.15) is 29.6 Å². The fourth-order valence-electron chi connectivity index (χ4n) is 2.02. The van der Waals surface area contributed by atoms with E-state index in [1.165, 1.54) is 18.7 Å². The molecule has 0 radical (unpaired) electrons. The fraction of sp³-hybridized carbons (Fsp3) is 0.500. The molecule has 2 rings (SSSR count). The fourth-order valence-corrected chi connectivity index (χ4v) is 2.02. The van der Waals surface area contributed by atoms with Gasteiger partial charge in [0.25, 0.3) is 5.91 Å². The maximum absolute atomic E-state index is 13.2. The number of carbonyl (C=O) groups is 1. The van der Waals surface area contributed by atoms with Crippen molar-refractivity contribution in [3.8, 4) is 0 Å². The summed E-state index contributed by atoms with van der Waals surface area (Å²) in [6.45, 7) is 1.62. The quantitative estimate of drug-likeness (QED) is 0.893. The van der Waals surface area contributed by atoms with E-state index in [0.29, 0.717) is 12.6 Å². The Balaban J connectivity index is 0.00000162. The lowest BCUT2D eigenvalue weighted by atomic mass is 10.1. The van der Waals surface area contributed by atoms with Gasteiger partial charge in [-0.05, 0) is 31.9 Å². The van der Waals surface area contributed by atoms with Crippen molar-refractivity contribution in [3.05, 3.63) is 29.8 Å². The molecule has 2 N–H and O–H groups in total. The van der Waals surface area contributed by atoms with Crippen LogP contribution in [0.25, 0.3) is 0 Å². The number of aromatic nitrogens is 1. The molecule has 19 heavy (non-hydrogen) atoms. The maximum Gasteiger partial charge on any atom is 0.254 e. The number of carbonyl (C=O) groups excluding carboxylic acids is 1. The first-order valence-electron chi connectivity index (χ1n) is 5.88. The summed E-state index contributed by atoms with van der Waals surface area (Å²) in [5, 5.41) is 6.07. The van der Waals surface area contributed by atoms with Crippen LogP contribution in [0.4, 0.5) is 4.39 Å². The van der Waals surface area contributed by atoms with Gasteiger partial charge in [0.15, 0.2) is 5.82 Å². The number of hydrogen-bond donors (Lipinski definition) is 2. The second-order valence-electron chi connectivity index (χ2n) is 4.19. The summed E-state index contributed by atoms with van der Waals surface area (Å²) in [7, 11) is 0. The molecule has 0 aliphatic carbocycles. The van der Waals surface area contributed by atoms with Crippen molar-refractivity contribution in [2.24, 2.45) is 0 Å². The van der Waals surface area contributed by atoms with E-state index in [1.54, 1.807) is 0 Å². The van der Waals surface area contributed by atoms with Crippen molar-refractivity contribution in [1.29, 1.82) is 0 Å². The van der Waals surface area contributed by atoms with Crippen molar-refractivity contribution in [2.75, 3.05) is 13.1 Å². The van der Waals surface area contributed by atoms with Gasteiger partial charge in [-0.1, -0.05) is 0 Å². The Labute approximate surface area is 124 Å². The van der Waals surface area contributed by atoms with Gasteiger partial charge in [-0.3, -0.25) is 9.78 Å². The van der Waals surface area contributed by atoms with Crippen LogP contribution in [0.2, 0.25) is 0 Å². The van der Waals surface area contributed by atoms with Gasteiger partial charge >= 0.3 is 0 Å². The summed E-state index contributed by atoms with van der Waals surface area (Å²) in [6.07, 6.45) is 5.69. The topological polar surface area (TPSA) is 54.0 Å². The highest BCUT2D eigenvalue weighted by Gasteiger charge is 2.15. The van der Waals surface area contributed by atoms with Crippen LogP contribution in [0.5, 0.6) is 0 Å². The lowest BCUT2D eigenvalue weighted by Gasteiger charge is -2.10. The molecular weight excluding hydrogens is 292 g/mol. The molecular formula is C12H18Cl2FN3O. The zero-order chi connectivity index (χ0) is 12.1. The minimum Gasteiger partial charge on any atom is -0.352 e. The summed E-state index contributed by atoms with van der Waals surface area (Å²) in [5.74, 6) is -0.952. The monoisotopic (exact) mass is 309 g/mol. The molecule has 0 unspecified atom stereocenters. The number of pyridine rings is 1. The van der Waals surface area contributed by atoms with Gasteiger partial charge in [-0.15, -0.1) is 24.8 Å². The Bertz CT molecular complexity index is 400. The third kappa shape index (κ3) is 5.30. The molecule has 4 nitrogen and oxygen atoms in total. The van der Waals surface area contributed by atoms with E-state index in [4.69, 9.17) is 0 Å². The maximum atomic E-state index is 13.2. The normalized spacial score (nSPS) is 17.2. The summed E-state index contributed by atoms with van der Waals surface area (Å²) >= 11 is 0. The van der Waals surface area contributed by atoms with Gasteiger partial charge < -0.3 is 10.6 Å². The first-order chi connectivity index (χ1) is 8.27. The second-order valence-corrected chi connectivity index (χ2v) is 4.19. The van der Waals surface area contributed by atoms with E-state index in [2.05, 4.69) is 15.6 Å². The van der Waals surface area contributed by atoms with Gasteiger partial charge in [-0.25, -0.2) is 4.39 Å². The molecule has 0 bridgehead atoms. The van der Waals surface area contributed by atoms with Crippen LogP contribution in [0.3, 0.4) is 0 Å². The zero-order valence-electron chi connectivity index (χ0n) is 10.4. The number of hydrogen-bond acceptors (Lipinski definition) is 3. The van der Waals surface area contributed by atoms with Crippen LogP contribution >= 0.6 is 24.8 Å². The summed E-state index contributed by atoms with van der Waals surface area (Å²) < 4.78 is 13.2. The molecule has 1 amide bonds. The largest absolute Gasteiger partial charge is 0.352 e. The Kier molecular flexibility index (Phi) is 8.63. The van der Waals surface area contributed by atoms with Crippen LogP contribution in [0, 0.1) is 5.82 Å². The van der Waals surface area contributed by atoms with E-state index < -0.39 is 5.82 Å². The first-order valence-corrected chi connectivity index (χ1v) is 5.88. The molecule has 1 fully saturated rings. The molecule has 1 atom stereocenters. The minimum absolute atomic E-state index is 0. The van der Waals surface area contributed by atoms with Gasteiger partial charge in [0.05, 0.1) is 11.8 Å². The van der Waals surface area contributed by atoms with Gasteiger partial charge in [0.2, 0.25) is 0 Å². The Hall–Kier alpha value is -0.910. The van der Waals surface area contributed by atoms with Crippen LogP contribution in [-0.4, -0.2) is 30.0 Å². The average Bonchev–Trinajstić information content (AvgIpc) is 2.82. The lowest BCUT2D eigenvalue weighted by molar-refractivity contribution is 0.0948. The molecule has 1 aromatic rings. The van der Waals surface area contributed by atoms with Crippen LogP contribution < -0.4 is 10.6 Å². The minimum atomic E-state index is -0.580. The molecule has 1 aliphatic heterocycles. The van der Waals surface area contributed by atoms with E-state index in [9.17, 15) is 9.18 Å². The SMILES string of the molecule is Cl.Cl.O=C(NCC[C@H]1CCCN1)c1ccncc1F.